The molecule has 3 heteroatoms. The Kier molecular flexibility index (Phi) is 2.65. The van der Waals surface area contributed by atoms with E-state index in [1.165, 1.54) is 0 Å². The maximum atomic E-state index is 9.24. The molecular weight excluding hydrogens is 132 g/mol. The Morgan fingerprint density at radius 1 is 1.60 bits per heavy atom. The van der Waals surface area contributed by atoms with Crippen LogP contribution in [0.15, 0.2) is 0 Å². The average molecular weight is 146 g/mol. The van der Waals surface area contributed by atoms with Crippen LogP contribution in [-0.4, -0.2) is 37.1 Å². The van der Waals surface area contributed by atoms with E-state index in [2.05, 4.69) is 0 Å². The van der Waals surface area contributed by atoms with Crippen molar-refractivity contribution in [3.8, 4) is 0 Å². The predicted molar refractivity (Wildman–Crippen MR) is 36.8 cm³/mol. The van der Waals surface area contributed by atoms with E-state index in [0.29, 0.717) is 6.61 Å². The summed E-state index contributed by atoms with van der Waals surface area (Å²) in [4.78, 5) is 0. The third kappa shape index (κ3) is 1.68. The van der Waals surface area contributed by atoms with Crippen molar-refractivity contribution >= 4 is 0 Å². The zero-order valence-corrected chi connectivity index (χ0v) is 6.41. The molecule has 3 nitrogen and oxygen atoms in total. The lowest BCUT2D eigenvalue weighted by atomic mass is 10.1. The Labute approximate surface area is 60.9 Å². The summed E-state index contributed by atoms with van der Waals surface area (Å²) in [6.07, 6.45) is 0.524. The lowest BCUT2D eigenvalue weighted by molar-refractivity contribution is -0.127. The van der Waals surface area contributed by atoms with Crippen LogP contribution in [0.3, 0.4) is 0 Å². The normalized spacial score (nSPS) is 41.7. The van der Waals surface area contributed by atoms with Gasteiger partial charge in [0.1, 0.15) is 6.10 Å². The van der Waals surface area contributed by atoms with E-state index in [9.17, 15) is 5.11 Å². The molecule has 1 heterocycles. The molecule has 1 saturated heterocycles. The van der Waals surface area contributed by atoms with Gasteiger partial charge in [-0.2, -0.15) is 0 Å². The van der Waals surface area contributed by atoms with Crippen LogP contribution in [0.5, 0.6) is 0 Å². The van der Waals surface area contributed by atoms with Crippen LogP contribution in [0.2, 0.25) is 0 Å². The van der Waals surface area contributed by atoms with Crippen molar-refractivity contribution in [3.63, 3.8) is 0 Å². The Balaban J connectivity index is 2.38. The molecule has 0 saturated carbocycles. The SMILES string of the molecule is COC1CC(C)OCC1O. The maximum absolute atomic E-state index is 9.24. The summed E-state index contributed by atoms with van der Waals surface area (Å²) in [6.45, 7) is 2.39. The summed E-state index contributed by atoms with van der Waals surface area (Å²) in [6, 6.07) is 0. The van der Waals surface area contributed by atoms with Gasteiger partial charge in [-0.1, -0.05) is 0 Å². The molecule has 3 unspecified atom stereocenters. The van der Waals surface area contributed by atoms with E-state index in [1.54, 1.807) is 7.11 Å². The molecule has 3 atom stereocenters. The summed E-state index contributed by atoms with van der Waals surface area (Å²) in [7, 11) is 1.62. The number of ether oxygens (including phenoxy) is 2. The van der Waals surface area contributed by atoms with Gasteiger partial charge in [0.2, 0.25) is 0 Å². The van der Waals surface area contributed by atoms with Crippen LogP contribution in [-0.2, 0) is 9.47 Å². The zero-order chi connectivity index (χ0) is 7.56. The Morgan fingerprint density at radius 2 is 2.30 bits per heavy atom. The second kappa shape index (κ2) is 3.32. The fourth-order valence-corrected chi connectivity index (χ4v) is 1.18. The highest BCUT2D eigenvalue weighted by Gasteiger charge is 2.27. The standard InChI is InChI=1S/C7H14O3/c1-5-3-7(9-2)6(8)4-10-5/h5-8H,3-4H2,1-2H3. The topological polar surface area (TPSA) is 38.7 Å². The minimum Gasteiger partial charge on any atom is -0.388 e. The van der Waals surface area contributed by atoms with Crippen molar-refractivity contribution in [3.05, 3.63) is 0 Å². The monoisotopic (exact) mass is 146 g/mol. The van der Waals surface area contributed by atoms with Crippen LogP contribution in [0.4, 0.5) is 0 Å². The predicted octanol–water partition coefficient (Wildman–Crippen LogP) is 0.171. The van der Waals surface area contributed by atoms with E-state index in [1.807, 2.05) is 6.92 Å². The van der Waals surface area contributed by atoms with Crippen LogP contribution < -0.4 is 0 Å². The number of methoxy groups -OCH3 is 1. The first kappa shape index (κ1) is 7.98. The van der Waals surface area contributed by atoms with Gasteiger partial charge in [-0.05, 0) is 6.92 Å². The third-order valence-corrected chi connectivity index (χ3v) is 1.85. The Hall–Kier alpha value is -0.120. The molecule has 0 aromatic carbocycles. The van der Waals surface area contributed by atoms with Crippen molar-refractivity contribution in [2.24, 2.45) is 0 Å². The smallest absolute Gasteiger partial charge is 0.104 e. The van der Waals surface area contributed by atoms with Gasteiger partial charge in [-0.25, -0.2) is 0 Å². The molecule has 0 aliphatic carbocycles. The van der Waals surface area contributed by atoms with Gasteiger partial charge >= 0.3 is 0 Å². The Bertz CT molecular complexity index is 105. The first-order chi connectivity index (χ1) is 4.74. The summed E-state index contributed by atoms with van der Waals surface area (Å²) >= 11 is 0. The number of hydrogen-bond acceptors (Lipinski definition) is 3. The molecule has 1 fully saturated rings. The minimum absolute atomic E-state index is 0.0382. The quantitative estimate of drug-likeness (QED) is 0.573. The number of hydrogen-bond donors (Lipinski definition) is 1. The first-order valence-electron chi connectivity index (χ1n) is 3.56. The summed E-state index contributed by atoms with van der Waals surface area (Å²) in [5, 5.41) is 9.24. The first-order valence-corrected chi connectivity index (χ1v) is 3.56. The maximum Gasteiger partial charge on any atom is 0.104 e. The molecule has 0 aromatic heterocycles. The molecule has 1 N–H and O–H groups in total. The molecular formula is C7H14O3. The van der Waals surface area contributed by atoms with Crippen LogP contribution in [0, 0.1) is 0 Å². The van der Waals surface area contributed by atoms with Crippen molar-refractivity contribution in [2.45, 2.75) is 31.7 Å². The van der Waals surface area contributed by atoms with Crippen LogP contribution >= 0.6 is 0 Å². The van der Waals surface area contributed by atoms with E-state index in [4.69, 9.17) is 9.47 Å². The zero-order valence-electron chi connectivity index (χ0n) is 6.41. The number of rotatable bonds is 1. The second-order valence-corrected chi connectivity index (χ2v) is 2.72. The highest BCUT2D eigenvalue weighted by molar-refractivity contribution is 4.76. The third-order valence-electron chi connectivity index (χ3n) is 1.85. The fourth-order valence-electron chi connectivity index (χ4n) is 1.18. The van der Waals surface area contributed by atoms with Crippen molar-refractivity contribution in [1.82, 2.24) is 0 Å². The minimum atomic E-state index is -0.443. The molecule has 1 rings (SSSR count). The van der Waals surface area contributed by atoms with Gasteiger partial charge in [0, 0.05) is 13.5 Å². The van der Waals surface area contributed by atoms with Gasteiger partial charge in [0.25, 0.3) is 0 Å². The highest BCUT2D eigenvalue weighted by Crippen LogP contribution is 2.15. The van der Waals surface area contributed by atoms with Gasteiger partial charge in [0.15, 0.2) is 0 Å². The fraction of sp³-hybridized carbons (Fsp3) is 1.00. The van der Waals surface area contributed by atoms with Gasteiger partial charge in [-0.15, -0.1) is 0 Å². The molecule has 10 heavy (non-hydrogen) atoms. The molecule has 0 spiro atoms. The molecule has 0 aromatic rings. The molecule has 60 valence electrons. The Morgan fingerprint density at radius 3 is 2.80 bits per heavy atom. The van der Waals surface area contributed by atoms with Crippen LogP contribution in [0.25, 0.3) is 0 Å². The summed E-state index contributed by atoms with van der Waals surface area (Å²) in [5.74, 6) is 0. The molecule has 0 amide bonds. The van der Waals surface area contributed by atoms with Crippen molar-refractivity contribution in [1.29, 1.82) is 0 Å². The second-order valence-electron chi connectivity index (χ2n) is 2.72. The lowest BCUT2D eigenvalue weighted by Gasteiger charge is -2.30. The van der Waals surface area contributed by atoms with Crippen molar-refractivity contribution < 1.29 is 14.6 Å². The van der Waals surface area contributed by atoms with E-state index in [-0.39, 0.29) is 12.2 Å². The highest BCUT2D eigenvalue weighted by atomic mass is 16.5. The van der Waals surface area contributed by atoms with E-state index in [0.717, 1.165) is 6.42 Å². The van der Waals surface area contributed by atoms with Gasteiger partial charge in [0.05, 0.1) is 18.8 Å². The number of aliphatic hydroxyl groups is 1. The van der Waals surface area contributed by atoms with E-state index < -0.39 is 6.10 Å². The lowest BCUT2D eigenvalue weighted by Crippen LogP contribution is -2.41. The molecule has 0 bridgehead atoms. The van der Waals surface area contributed by atoms with Gasteiger partial charge in [-0.3, -0.25) is 0 Å². The van der Waals surface area contributed by atoms with E-state index >= 15 is 0 Å². The van der Waals surface area contributed by atoms with Crippen molar-refractivity contribution in [2.75, 3.05) is 13.7 Å². The van der Waals surface area contributed by atoms with Crippen LogP contribution in [0.1, 0.15) is 13.3 Å². The summed E-state index contributed by atoms with van der Waals surface area (Å²) in [5.41, 5.74) is 0. The largest absolute Gasteiger partial charge is 0.388 e. The molecule has 1 aliphatic rings. The molecule has 0 radical (unpaired) electrons. The number of aliphatic hydroxyl groups excluding tert-OH is 1. The molecule has 1 aliphatic heterocycles. The summed E-state index contributed by atoms with van der Waals surface area (Å²) < 4.78 is 10.2. The average Bonchev–Trinajstić information content (AvgIpc) is 1.94. The van der Waals surface area contributed by atoms with Gasteiger partial charge < -0.3 is 14.6 Å².